The molecule has 5 rings (SSSR count). The zero-order chi connectivity index (χ0) is 20.0. The first-order chi connectivity index (χ1) is 14.2. The van der Waals surface area contributed by atoms with Crippen LogP contribution in [0.1, 0.15) is 27.9 Å². The first kappa shape index (κ1) is 18.0. The van der Waals surface area contributed by atoms with Crippen molar-refractivity contribution in [3.8, 4) is 5.75 Å². The monoisotopic (exact) mass is 391 g/mol. The van der Waals surface area contributed by atoms with Crippen LogP contribution in [0.2, 0.25) is 0 Å². The standard InChI is InChI=1S/C23H25N3O3/c1-29-20-7-3-2-6-19(20)24-9-11-25(12-10-24)23(28)18-13-16-5-4-8-26-21(27)15-17(14-18)22(16)26/h2-3,6-7,13-14H,4-5,8-12,15H2,1H3. The summed E-state index contributed by atoms with van der Waals surface area (Å²) < 4.78 is 5.48. The van der Waals surface area contributed by atoms with Crippen LogP contribution in [0, 0.1) is 0 Å². The molecule has 0 radical (unpaired) electrons. The Labute approximate surface area is 170 Å². The summed E-state index contributed by atoms with van der Waals surface area (Å²) in [6, 6.07) is 12.0. The van der Waals surface area contributed by atoms with Crippen LogP contribution in [-0.2, 0) is 17.6 Å². The summed E-state index contributed by atoms with van der Waals surface area (Å²) in [5.74, 6) is 1.09. The summed E-state index contributed by atoms with van der Waals surface area (Å²) in [6.45, 7) is 3.70. The Hall–Kier alpha value is -3.02. The molecule has 0 unspecified atom stereocenters. The van der Waals surface area contributed by atoms with Crippen LogP contribution in [-0.4, -0.2) is 56.5 Å². The quantitative estimate of drug-likeness (QED) is 0.807. The van der Waals surface area contributed by atoms with Crippen molar-refractivity contribution in [2.24, 2.45) is 0 Å². The van der Waals surface area contributed by atoms with Crippen LogP contribution < -0.4 is 14.5 Å². The summed E-state index contributed by atoms with van der Waals surface area (Å²) in [5.41, 5.74) is 5.03. The fourth-order valence-electron chi connectivity index (χ4n) is 4.83. The molecule has 3 aliphatic heterocycles. The van der Waals surface area contributed by atoms with Crippen molar-refractivity contribution >= 4 is 23.2 Å². The lowest BCUT2D eigenvalue weighted by Gasteiger charge is -2.36. The van der Waals surface area contributed by atoms with E-state index in [1.807, 2.05) is 40.1 Å². The highest BCUT2D eigenvalue weighted by molar-refractivity contribution is 6.04. The highest BCUT2D eigenvalue weighted by atomic mass is 16.5. The lowest BCUT2D eigenvalue weighted by atomic mass is 9.96. The van der Waals surface area contributed by atoms with E-state index < -0.39 is 0 Å². The van der Waals surface area contributed by atoms with E-state index in [0.717, 1.165) is 66.3 Å². The van der Waals surface area contributed by atoms with E-state index in [4.69, 9.17) is 4.74 Å². The molecule has 0 aliphatic carbocycles. The molecule has 0 saturated carbocycles. The molecule has 1 fully saturated rings. The third-order valence-electron chi connectivity index (χ3n) is 6.25. The fourth-order valence-corrected chi connectivity index (χ4v) is 4.83. The van der Waals surface area contributed by atoms with E-state index in [2.05, 4.69) is 11.0 Å². The molecule has 0 bridgehead atoms. The molecule has 0 N–H and O–H groups in total. The summed E-state index contributed by atoms with van der Waals surface area (Å²) in [4.78, 5) is 31.6. The highest BCUT2D eigenvalue weighted by Crippen LogP contribution is 2.38. The van der Waals surface area contributed by atoms with E-state index in [1.54, 1.807) is 7.11 Å². The fraction of sp³-hybridized carbons (Fsp3) is 0.391. The average Bonchev–Trinajstić information content (AvgIpc) is 3.10. The Morgan fingerprint density at radius 3 is 2.55 bits per heavy atom. The van der Waals surface area contributed by atoms with E-state index in [-0.39, 0.29) is 11.8 Å². The van der Waals surface area contributed by atoms with Crippen molar-refractivity contribution in [1.29, 1.82) is 0 Å². The van der Waals surface area contributed by atoms with Crippen molar-refractivity contribution in [3.63, 3.8) is 0 Å². The van der Waals surface area contributed by atoms with Gasteiger partial charge < -0.3 is 19.4 Å². The van der Waals surface area contributed by atoms with Gasteiger partial charge in [0.2, 0.25) is 5.91 Å². The van der Waals surface area contributed by atoms with Crippen LogP contribution in [0.15, 0.2) is 36.4 Å². The van der Waals surface area contributed by atoms with Gasteiger partial charge in [-0.15, -0.1) is 0 Å². The predicted molar refractivity (Wildman–Crippen MR) is 112 cm³/mol. The normalized spacial score (nSPS) is 18.1. The molecule has 29 heavy (non-hydrogen) atoms. The molecular weight excluding hydrogens is 366 g/mol. The van der Waals surface area contributed by atoms with Crippen LogP contribution in [0.3, 0.4) is 0 Å². The molecule has 3 heterocycles. The smallest absolute Gasteiger partial charge is 0.253 e. The Morgan fingerprint density at radius 2 is 1.76 bits per heavy atom. The van der Waals surface area contributed by atoms with Gasteiger partial charge >= 0.3 is 0 Å². The third-order valence-corrected chi connectivity index (χ3v) is 6.25. The molecule has 0 spiro atoms. The Balaban J connectivity index is 1.33. The first-order valence-electron chi connectivity index (χ1n) is 10.3. The Kier molecular flexibility index (Phi) is 4.42. The number of methoxy groups -OCH3 is 1. The van der Waals surface area contributed by atoms with Gasteiger partial charge in [0, 0.05) is 38.3 Å². The van der Waals surface area contributed by atoms with Gasteiger partial charge in [0.1, 0.15) is 5.75 Å². The van der Waals surface area contributed by atoms with Crippen molar-refractivity contribution in [2.45, 2.75) is 19.3 Å². The SMILES string of the molecule is COc1ccccc1N1CCN(C(=O)c2cc3c4c(c2)CC(=O)N4CCC3)CC1. The predicted octanol–water partition coefficient (Wildman–Crippen LogP) is 2.49. The number of benzene rings is 2. The first-order valence-corrected chi connectivity index (χ1v) is 10.3. The summed E-state index contributed by atoms with van der Waals surface area (Å²) in [5, 5.41) is 0. The molecule has 0 atom stereocenters. The number of hydrogen-bond acceptors (Lipinski definition) is 4. The topological polar surface area (TPSA) is 53.1 Å². The lowest BCUT2D eigenvalue weighted by molar-refractivity contribution is -0.117. The number of anilines is 2. The van der Waals surface area contributed by atoms with E-state index in [0.29, 0.717) is 19.5 Å². The average molecular weight is 391 g/mol. The molecule has 1 saturated heterocycles. The van der Waals surface area contributed by atoms with Gasteiger partial charge in [-0.25, -0.2) is 0 Å². The van der Waals surface area contributed by atoms with Gasteiger partial charge in [0.05, 0.1) is 24.9 Å². The van der Waals surface area contributed by atoms with E-state index in [1.165, 1.54) is 0 Å². The number of carbonyl (C=O) groups excluding carboxylic acids is 2. The number of para-hydroxylation sites is 2. The lowest BCUT2D eigenvalue weighted by Crippen LogP contribution is -2.49. The van der Waals surface area contributed by atoms with Crippen molar-refractivity contribution in [1.82, 2.24) is 4.90 Å². The van der Waals surface area contributed by atoms with Crippen LogP contribution >= 0.6 is 0 Å². The number of rotatable bonds is 3. The summed E-state index contributed by atoms with van der Waals surface area (Å²) in [7, 11) is 1.69. The second kappa shape index (κ2) is 7.10. The van der Waals surface area contributed by atoms with Crippen molar-refractivity contribution in [3.05, 3.63) is 53.1 Å². The molecule has 150 valence electrons. The largest absolute Gasteiger partial charge is 0.495 e. The number of carbonyl (C=O) groups is 2. The highest BCUT2D eigenvalue weighted by Gasteiger charge is 2.33. The molecule has 2 aromatic carbocycles. The Bertz CT molecular complexity index is 979. The van der Waals surface area contributed by atoms with Gasteiger partial charge in [-0.2, -0.15) is 0 Å². The van der Waals surface area contributed by atoms with Gasteiger partial charge in [0.15, 0.2) is 0 Å². The molecule has 0 aromatic heterocycles. The minimum absolute atomic E-state index is 0.0696. The molecule has 2 amide bonds. The van der Waals surface area contributed by atoms with Crippen LogP contribution in [0.5, 0.6) is 5.75 Å². The zero-order valence-electron chi connectivity index (χ0n) is 16.7. The van der Waals surface area contributed by atoms with E-state index in [9.17, 15) is 9.59 Å². The molecule has 2 aromatic rings. The van der Waals surface area contributed by atoms with Crippen molar-refractivity contribution < 1.29 is 14.3 Å². The second-order valence-electron chi connectivity index (χ2n) is 7.92. The maximum atomic E-state index is 13.2. The Morgan fingerprint density at radius 1 is 1.00 bits per heavy atom. The number of piperazine rings is 1. The van der Waals surface area contributed by atoms with Crippen LogP contribution in [0.4, 0.5) is 11.4 Å². The second-order valence-corrected chi connectivity index (χ2v) is 7.92. The minimum atomic E-state index is 0.0696. The van der Waals surface area contributed by atoms with Gasteiger partial charge in [-0.3, -0.25) is 9.59 Å². The van der Waals surface area contributed by atoms with E-state index >= 15 is 0 Å². The van der Waals surface area contributed by atoms with Gasteiger partial charge in [0.25, 0.3) is 5.91 Å². The van der Waals surface area contributed by atoms with Crippen LogP contribution in [0.25, 0.3) is 0 Å². The number of amides is 2. The molecule has 6 nitrogen and oxygen atoms in total. The number of nitrogens with zero attached hydrogens (tertiary/aromatic N) is 3. The number of ether oxygens (including phenoxy) is 1. The summed E-state index contributed by atoms with van der Waals surface area (Å²) in [6.07, 6.45) is 2.33. The maximum absolute atomic E-state index is 13.2. The zero-order valence-corrected chi connectivity index (χ0v) is 16.7. The third kappa shape index (κ3) is 3.03. The molecule has 6 heteroatoms. The molecule has 3 aliphatic rings. The minimum Gasteiger partial charge on any atom is -0.495 e. The van der Waals surface area contributed by atoms with Crippen molar-refractivity contribution in [2.75, 3.05) is 49.6 Å². The van der Waals surface area contributed by atoms with Gasteiger partial charge in [-0.1, -0.05) is 12.1 Å². The van der Waals surface area contributed by atoms with Gasteiger partial charge in [-0.05, 0) is 48.2 Å². The number of aryl methyl sites for hydroxylation is 1. The molecular formula is C23H25N3O3. The number of hydrogen-bond donors (Lipinski definition) is 0. The summed E-state index contributed by atoms with van der Waals surface area (Å²) >= 11 is 0. The maximum Gasteiger partial charge on any atom is 0.253 e.